The second kappa shape index (κ2) is 4.78. The zero-order valence-electron chi connectivity index (χ0n) is 10.6. The zero-order chi connectivity index (χ0) is 13.2. The van der Waals surface area contributed by atoms with E-state index in [4.69, 9.17) is 5.21 Å². The smallest absolute Gasteiger partial charge is 0.133 e. The van der Waals surface area contributed by atoms with Crippen LogP contribution >= 0.6 is 0 Å². The highest BCUT2D eigenvalue weighted by Crippen LogP contribution is 2.24. The molecule has 0 bridgehead atoms. The van der Waals surface area contributed by atoms with E-state index in [9.17, 15) is 0 Å². The summed E-state index contributed by atoms with van der Waals surface area (Å²) in [5.74, 6) is 0.881. The summed E-state index contributed by atoms with van der Waals surface area (Å²) in [6.07, 6.45) is 4.50. The topological polar surface area (TPSA) is 68.7 Å². The van der Waals surface area contributed by atoms with Gasteiger partial charge in [0.25, 0.3) is 0 Å². The van der Waals surface area contributed by atoms with E-state index >= 15 is 0 Å². The lowest BCUT2D eigenvalue weighted by Gasteiger charge is -2.15. The van der Waals surface area contributed by atoms with Crippen LogP contribution in [0.2, 0.25) is 0 Å². The van der Waals surface area contributed by atoms with E-state index in [1.54, 1.807) is 0 Å². The van der Waals surface area contributed by atoms with Gasteiger partial charge in [-0.05, 0) is 36.4 Å². The Morgan fingerprint density at radius 2 is 2.05 bits per heavy atom. The van der Waals surface area contributed by atoms with Crippen LogP contribution in [0.3, 0.4) is 0 Å². The first-order chi connectivity index (χ1) is 9.30. The van der Waals surface area contributed by atoms with Crippen molar-refractivity contribution in [2.75, 3.05) is 12.4 Å². The van der Waals surface area contributed by atoms with Crippen LogP contribution in [-0.4, -0.2) is 24.1 Å². The summed E-state index contributed by atoms with van der Waals surface area (Å²) in [5.41, 5.74) is 6.20. The predicted octanol–water partition coefficient (Wildman–Crippen LogP) is 1.60. The maximum Gasteiger partial charge on any atom is 0.133 e. The number of hydroxylamine groups is 1. The minimum Gasteiger partial charge on any atom is -0.388 e. The number of hydrogen-bond donors (Lipinski definition) is 4. The number of hydrogen-bond acceptors (Lipinski definition) is 5. The molecule has 0 fully saturated rings. The van der Waals surface area contributed by atoms with E-state index in [2.05, 4.69) is 21.1 Å². The molecule has 3 rings (SSSR count). The molecule has 5 heteroatoms. The van der Waals surface area contributed by atoms with Gasteiger partial charge < -0.3 is 10.6 Å². The lowest BCUT2D eigenvalue weighted by Crippen LogP contribution is -2.23. The van der Waals surface area contributed by atoms with E-state index in [-0.39, 0.29) is 6.04 Å². The van der Waals surface area contributed by atoms with Crippen molar-refractivity contribution in [1.29, 1.82) is 0 Å². The Morgan fingerprint density at radius 1 is 1.26 bits per heavy atom. The second-order valence-electron chi connectivity index (χ2n) is 4.58. The summed E-state index contributed by atoms with van der Waals surface area (Å²) in [6.45, 7) is 0. The van der Waals surface area contributed by atoms with Gasteiger partial charge in [-0.2, -0.15) is 0 Å². The molecule has 0 saturated carbocycles. The third-order valence-electron chi connectivity index (χ3n) is 3.37. The number of benzene rings is 1. The molecule has 4 N–H and O–H groups in total. The molecular weight excluding hydrogens is 240 g/mol. The van der Waals surface area contributed by atoms with Crippen molar-refractivity contribution in [3.63, 3.8) is 0 Å². The number of fused-ring (bicyclic) bond motifs is 1. The van der Waals surface area contributed by atoms with Crippen LogP contribution < -0.4 is 16.1 Å². The quantitative estimate of drug-likeness (QED) is 0.620. The fourth-order valence-electron chi connectivity index (χ4n) is 2.28. The van der Waals surface area contributed by atoms with Crippen molar-refractivity contribution in [2.24, 2.45) is 4.99 Å². The summed E-state index contributed by atoms with van der Waals surface area (Å²) in [4.78, 5) is 4.66. The van der Waals surface area contributed by atoms with Crippen LogP contribution in [-0.2, 0) is 0 Å². The molecule has 1 heterocycles. The largest absolute Gasteiger partial charge is 0.388 e. The van der Waals surface area contributed by atoms with Gasteiger partial charge in [-0.25, -0.2) is 0 Å². The number of nitrogens with zero attached hydrogens (tertiary/aromatic N) is 1. The van der Waals surface area contributed by atoms with Crippen LogP contribution in [0.4, 0.5) is 5.69 Å². The summed E-state index contributed by atoms with van der Waals surface area (Å²) in [6, 6.07) is 8.19. The van der Waals surface area contributed by atoms with Crippen molar-refractivity contribution in [3.8, 4) is 0 Å². The van der Waals surface area contributed by atoms with Crippen LogP contribution in [0.15, 0.2) is 52.8 Å². The molecule has 1 aliphatic carbocycles. The van der Waals surface area contributed by atoms with E-state index in [0.717, 1.165) is 28.5 Å². The molecular formula is C14H16N4O. The molecule has 0 radical (unpaired) electrons. The Hall–Kier alpha value is -2.27. The number of rotatable bonds is 3. The normalized spacial score (nSPS) is 20.7. The first kappa shape index (κ1) is 11.8. The lowest BCUT2D eigenvalue weighted by atomic mass is 10.0. The first-order valence-electron chi connectivity index (χ1n) is 6.24. The molecule has 98 valence electrons. The molecule has 0 spiro atoms. The van der Waals surface area contributed by atoms with Crippen LogP contribution in [0.5, 0.6) is 0 Å². The number of nitrogens with one attached hydrogen (secondary N) is 3. The van der Waals surface area contributed by atoms with Crippen molar-refractivity contribution >= 4 is 11.5 Å². The Labute approximate surface area is 111 Å². The van der Waals surface area contributed by atoms with E-state index in [1.165, 1.54) is 0 Å². The van der Waals surface area contributed by atoms with Gasteiger partial charge in [0.15, 0.2) is 0 Å². The van der Waals surface area contributed by atoms with E-state index in [0.29, 0.717) is 6.42 Å². The maximum absolute atomic E-state index is 8.93. The van der Waals surface area contributed by atoms with Crippen LogP contribution in [0, 0.1) is 0 Å². The first-order valence-corrected chi connectivity index (χ1v) is 6.24. The van der Waals surface area contributed by atoms with Crippen molar-refractivity contribution in [3.05, 3.63) is 53.4 Å². The summed E-state index contributed by atoms with van der Waals surface area (Å²) in [5, 5.41) is 15.3. The Kier molecular flexibility index (Phi) is 2.97. The minimum atomic E-state index is 0.0682. The van der Waals surface area contributed by atoms with Gasteiger partial charge >= 0.3 is 0 Å². The van der Waals surface area contributed by atoms with Crippen molar-refractivity contribution < 1.29 is 5.21 Å². The minimum absolute atomic E-state index is 0.0682. The average Bonchev–Trinajstić information content (AvgIpc) is 2.90. The van der Waals surface area contributed by atoms with E-state index < -0.39 is 0 Å². The number of allylic oxidation sites excluding steroid dienone is 2. The Morgan fingerprint density at radius 3 is 2.74 bits per heavy atom. The molecule has 19 heavy (non-hydrogen) atoms. The number of aliphatic imine (C=N–C) groups is 1. The molecule has 0 aromatic heterocycles. The second-order valence-corrected chi connectivity index (χ2v) is 4.58. The summed E-state index contributed by atoms with van der Waals surface area (Å²) >= 11 is 0. The van der Waals surface area contributed by atoms with Gasteiger partial charge in [0.1, 0.15) is 5.84 Å². The Bertz CT molecular complexity index is 572. The van der Waals surface area contributed by atoms with Gasteiger partial charge in [-0.3, -0.25) is 15.7 Å². The summed E-state index contributed by atoms with van der Waals surface area (Å²) in [7, 11) is 1.90. The molecule has 1 aliphatic heterocycles. The molecule has 0 amide bonds. The number of amidine groups is 1. The highest BCUT2D eigenvalue weighted by molar-refractivity contribution is 6.02. The monoisotopic (exact) mass is 256 g/mol. The highest BCUT2D eigenvalue weighted by Gasteiger charge is 2.26. The standard InChI is InChI=1S/C14H16N4O/c1-15-10-4-2-9(3-5-10)14-16-12-7-6-11(18-19)8-13(12)17-14/h2-7,13,15,18-19H,8H2,1H3,(H,16,17). The van der Waals surface area contributed by atoms with Gasteiger partial charge in [0.05, 0.1) is 6.04 Å². The average molecular weight is 256 g/mol. The maximum atomic E-state index is 8.93. The Balaban J connectivity index is 1.81. The van der Waals surface area contributed by atoms with Gasteiger partial charge in [0, 0.05) is 36.1 Å². The van der Waals surface area contributed by atoms with Crippen LogP contribution in [0.25, 0.3) is 0 Å². The molecule has 5 nitrogen and oxygen atoms in total. The molecule has 2 aliphatic rings. The van der Waals surface area contributed by atoms with Gasteiger partial charge in [-0.1, -0.05) is 0 Å². The van der Waals surface area contributed by atoms with Crippen molar-refractivity contribution in [1.82, 2.24) is 10.8 Å². The highest BCUT2D eigenvalue weighted by atomic mass is 16.5. The van der Waals surface area contributed by atoms with E-state index in [1.807, 2.05) is 43.5 Å². The summed E-state index contributed by atoms with van der Waals surface area (Å²) < 4.78 is 0. The molecule has 1 atom stereocenters. The fraction of sp³-hybridized carbons (Fsp3) is 0.214. The zero-order valence-corrected chi connectivity index (χ0v) is 10.6. The van der Waals surface area contributed by atoms with Crippen LogP contribution in [0.1, 0.15) is 12.0 Å². The fourth-order valence-corrected chi connectivity index (χ4v) is 2.28. The lowest BCUT2D eigenvalue weighted by molar-refractivity contribution is 0.194. The molecule has 1 aromatic carbocycles. The third kappa shape index (κ3) is 2.20. The SMILES string of the molecule is CNc1ccc(C2=NC3CC(NO)=CC=C3N2)cc1. The molecule has 1 aromatic rings. The predicted molar refractivity (Wildman–Crippen MR) is 75.2 cm³/mol. The third-order valence-corrected chi connectivity index (χ3v) is 3.37. The van der Waals surface area contributed by atoms with Crippen molar-refractivity contribution in [2.45, 2.75) is 12.5 Å². The van der Waals surface area contributed by atoms with Gasteiger partial charge in [-0.15, -0.1) is 0 Å². The molecule has 1 unspecified atom stereocenters. The van der Waals surface area contributed by atoms with Gasteiger partial charge in [0.2, 0.25) is 0 Å². The number of anilines is 1. The molecule has 0 saturated heterocycles.